The third-order valence-electron chi connectivity index (χ3n) is 9.69. The number of hydrogen-bond acceptors (Lipinski definition) is 11. The van der Waals surface area contributed by atoms with Crippen molar-refractivity contribution in [3.63, 3.8) is 0 Å². The van der Waals surface area contributed by atoms with Crippen molar-refractivity contribution in [2.24, 2.45) is 5.92 Å². The van der Waals surface area contributed by atoms with Crippen LogP contribution in [0.1, 0.15) is 68.2 Å². The third-order valence-corrected chi connectivity index (χ3v) is 9.69. The number of amides is 3. The first kappa shape index (κ1) is 42.4. The van der Waals surface area contributed by atoms with E-state index in [4.69, 9.17) is 18.9 Å². The van der Waals surface area contributed by atoms with Crippen LogP contribution in [0.15, 0.2) is 91.0 Å². The maximum Gasteiger partial charge on any atom is 0.514 e. The number of alkyl carbamates (subject to hydrolysis) is 1. The van der Waals surface area contributed by atoms with E-state index in [9.17, 15) is 34.1 Å². The molecule has 1 aliphatic carbocycles. The number of nitrogens with zero attached hydrogens (tertiary/aromatic N) is 1. The van der Waals surface area contributed by atoms with Crippen molar-refractivity contribution in [3.8, 4) is 16.9 Å². The quantitative estimate of drug-likeness (QED) is 0.0244. The number of anilines is 1. The Balaban J connectivity index is 1.17. The van der Waals surface area contributed by atoms with Crippen molar-refractivity contribution in [1.82, 2.24) is 10.6 Å². The smallest absolute Gasteiger partial charge is 0.469 e. The minimum Gasteiger partial charge on any atom is -0.469 e. The molecule has 0 fully saturated rings. The van der Waals surface area contributed by atoms with E-state index in [1.165, 1.54) is 38.3 Å². The lowest BCUT2D eigenvalue weighted by Crippen LogP contribution is -2.53. The Hall–Kier alpha value is -6.77. The monoisotopic (exact) mass is 794 g/mol. The summed E-state index contributed by atoms with van der Waals surface area (Å²) in [5.41, 5.74) is 5.88. The lowest BCUT2D eigenvalue weighted by molar-refractivity contribution is -0.384. The Kier molecular flexibility index (Phi) is 14.5. The van der Waals surface area contributed by atoms with E-state index in [1.807, 2.05) is 48.5 Å². The summed E-state index contributed by atoms with van der Waals surface area (Å²) in [5, 5.41) is 19.1. The molecule has 3 N–H and O–H groups in total. The van der Waals surface area contributed by atoms with Gasteiger partial charge in [-0.1, -0.05) is 68.4 Å². The molecule has 3 amide bonds. The molecular weight excluding hydrogens is 748 g/mol. The number of nitro groups is 1. The second kappa shape index (κ2) is 19.9. The fourth-order valence-corrected chi connectivity index (χ4v) is 6.58. The van der Waals surface area contributed by atoms with Crippen LogP contribution in [0, 0.1) is 16.0 Å². The zero-order valence-corrected chi connectivity index (χ0v) is 32.7. The highest BCUT2D eigenvalue weighted by Gasteiger charge is 2.31. The van der Waals surface area contributed by atoms with Crippen LogP contribution in [-0.2, 0) is 41.6 Å². The van der Waals surface area contributed by atoms with Gasteiger partial charge in [-0.05, 0) is 89.8 Å². The molecule has 2 atom stereocenters. The second-order valence-corrected chi connectivity index (χ2v) is 14.1. The van der Waals surface area contributed by atoms with Gasteiger partial charge in [0.2, 0.25) is 11.8 Å². The van der Waals surface area contributed by atoms with Gasteiger partial charge >= 0.3 is 18.2 Å². The van der Waals surface area contributed by atoms with Crippen molar-refractivity contribution in [3.05, 3.63) is 123 Å². The number of nitrogens with one attached hydrogen (secondary N) is 3. The highest BCUT2D eigenvalue weighted by Crippen LogP contribution is 2.44. The van der Waals surface area contributed by atoms with E-state index in [0.717, 1.165) is 27.8 Å². The normalized spacial score (nSPS) is 12.6. The van der Waals surface area contributed by atoms with Crippen LogP contribution in [0.25, 0.3) is 11.1 Å². The van der Waals surface area contributed by atoms with Crippen LogP contribution in [-0.4, -0.2) is 60.8 Å². The van der Waals surface area contributed by atoms with Crippen LogP contribution in [0.4, 0.5) is 21.0 Å². The number of ether oxygens (including phenoxy) is 4. The molecule has 0 saturated carbocycles. The van der Waals surface area contributed by atoms with Gasteiger partial charge in [-0.25, -0.2) is 9.59 Å². The fraction of sp³-hybridized carbons (Fsp3) is 0.326. The third kappa shape index (κ3) is 11.2. The van der Waals surface area contributed by atoms with Crippen molar-refractivity contribution < 1.29 is 47.8 Å². The molecule has 2 unspecified atom stereocenters. The topological polar surface area (TPSA) is 201 Å². The Bertz CT molecular complexity index is 2090. The van der Waals surface area contributed by atoms with Gasteiger partial charge in [0, 0.05) is 30.2 Å². The Morgan fingerprint density at radius 1 is 0.776 bits per heavy atom. The zero-order valence-electron chi connectivity index (χ0n) is 32.7. The molecule has 15 heteroatoms. The molecule has 0 heterocycles. The van der Waals surface area contributed by atoms with Gasteiger partial charge in [-0.15, -0.1) is 0 Å². The minimum atomic E-state index is -1.03. The van der Waals surface area contributed by atoms with E-state index >= 15 is 0 Å². The Morgan fingerprint density at radius 3 is 2.05 bits per heavy atom. The maximum absolute atomic E-state index is 13.4. The number of fused-ring (bicyclic) bond motifs is 3. The highest BCUT2D eigenvalue weighted by atomic mass is 16.7. The number of methoxy groups -OCH3 is 1. The van der Waals surface area contributed by atoms with Crippen LogP contribution in [0.5, 0.6) is 5.75 Å². The average Bonchev–Trinajstić information content (AvgIpc) is 3.53. The number of aryl methyl sites for hydroxylation is 1. The second-order valence-electron chi connectivity index (χ2n) is 14.1. The summed E-state index contributed by atoms with van der Waals surface area (Å²) in [5.74, 6) is -1.86. The molecule has 0 bridgehead atoms. The number of nitro benzene ring substituents is 1. The summed E-state index contributed by atoms with van der Waals surface area (Å²) < 4.78 is 20.8. The molecule has 0 radical (unpaired) electrons. The number of rotatable bonds is 17. The van der Waals surface area contributed by atoms with Crippen molar-refractivity contribution in [2.45, 2.75) is 71.1 Å². The number of carbonyl (C=O) groups is 5. The number of esters is 1. The Labute approximate surface area is 335 Å². The van der Waals surface area contributed by atoms with Crippen molar-refractivity contribution in [1.29, 1.82) is 0 Å². The number of non-ortho nitro benzene ring substituents is 1. The lowest BCUT2D eigenvalue weighted by atomic mass is 9.98. The van der Waals surface area contributed by atoms with E-state index < -0.39 is 41.1 Å². The van der Waals surface area contributed by atoms with E-state index in [0.29, 0.717) is 30.5 Å². The standard InChI is InChI=1S/C43H46N4O11/c1-26(2)39(46-42(51)56-25-37-35-14-8-6-12-33(35)34-13-7-9-15-36(34)37)41(50)44-27(3)40(49)45-30-18-17-29(28(23-30)11-5-10-16-38(48)55-4)24-57-43(52)58-32-21-19-31(20-22-32)47(53)54/h6-9,12-15,17-23,26-27,37,39H,5,10-11,16,24-25H2,1-4H3,(H,44,50)(H,45,49)(H,46,51). The van der Waals surface area contributed by atoms with E-state index in [2.05, 4.69) is 16.0 Å². The molecule has 0 aliphatic heterocycles. The average molecular weight is 795 g/mol. The van der Waals surface area contributed by atoms with Crippen LogP contribution in [0.3, 0.4) is 0 Å². The van der Waals surface area contributed by atoms with Gasteiger partial charge in [-0.3, -0.25) is 24.5 Å². The van der Waals surface area contributed by atoms with E-state index in [1.54, 1.807) is 32.0 Å². The summed E-state index contributed by atoms with van der Waals surface area (Å²) in [7, 11) is 1.31. The molecule has 58 heavy (non-hydrogen) atoms. The van der Waals surface area contributed by atoms with Gasteiger partial charge in [0.25, 0.3) is 5.69 Å². The van der Waals surface area contributed by atoms with Gasteiger partial charge in [0.15, 0.2) is 0 Å². The molecule has 0 saturated heterocycles. The van der Waals surface area contributed by atoms with Crippen LogP contribution in [0.2, 0.25) is 0 Å². The molecule has 15 nitrogen and oxygen atoms in total. The van der Waals surface area contributed by atoms with E-state index in [-0.39, 0.29) is 48.9 Å². The first-order valence-electron chi connectivity index (χ1n) is 18.8. The number of hydrogen-bond donors (Lipinski definition) is 3. The highest BCUT2D eigenvalue weighted by molar-refractivity contribution is 5.98. The molecule has 0 spiro atoms. The predicted octanol–water partition coefficient (Wildman–Crippen LogP) is 7.20. The fourth-order valence-electron chi connectivity index (χ4n) is 6.58. The first-order chi connectivity index (χ1) is 27.8. The molecule has 1 aliphatic rings. The van der Waals surface area contributed by atoms with Crippen LogP contribution >= 0.6 is 0 Å². The maximum atomic E-state index is 13.4. The van der Waals surface area contributed by atoms with Gasteiger partial charge in [0.1, 0.15) is 31.0 Å². The summed E-state index contributed by atoms with van der Waals surface area (Å²) in [6, 6.07) is 23.9. The van der Waals surface area contributed by atoms with Crippen molar-refractivity contribution >= 4 is 41.4 Å². The first-order valence-corrected chi connectivity index (χ1v) is 18.8. The summed E-state index contributed by atoms with van der Waals surface area (Å²) in [6.07, 6.45) is -0.00966. The molecule has 4 aromatic rings. The zero-order chi connectivity index (χ0) is 41.8. The largest absolute Gasteiger partial charge is 0.514 e. The SMILES string of the molecule is COC(=O)CCCCc1cc(NC(=O)C(C)NC(=O)C(NC(=O)OCC2c3ccccc3-c3ccccc32)C(C)C)ccc1COC(=O)Oc1ccc([N+](=O)[O-])cc1. The number of benzene rings is 4. The minimum absolute atomic E-state index is 0.0608. The number of carbonyl (C=O) groups excluding carboxylic acids is 5. The summed E-state index contributed by atoms with van der Waals surface area (Å²) in [4.78, 5) is 74.1. The van der Waals surface area contributed by atoms with Crippen molar-refractivity contribution in [2.75, 3.05) is 19.0 Å². The predicted molar refractivity (Wildman–Crippen MR) is 213 cm³/mol. The number of unbranched alkanes of at least 4 members (excludes halogenated alkanes) is 1. The van der Waals surface area contributed by atoms with Crippen LogP contribution < -0.4 is 20.7 Å². The van der Waals surface area contributed by atoms with Gasteiger partial charge < -0.3 is 34.9 Å². The Morgan fingerprint density at radius 2 is 1.43 bits per heavy atom. The van der Waals surface area contributed by atoms with Gasteiger partial charge in [0.05, 0.1) is 12.0 Å². The van der Waals surface area contributed by atoms with Gasteiger partial charge in [-0.2, -0.15) is 0 Å². The molecule has 4 aromatic carbocycles. The lowest BCUT2D eigenvalue weighted by Gasteiger charge is -2.24. The molecular formula is C43H46N4O11. The summed E-state index contributed by atoms with van der Waals surface area (Å²) in [6.45, 7) is 4.95. The summed E-state index contributed by atoms with van der Waals surface area (Å²) >= 11 is 0. The molecule has 304 valence electrons. The molecule has 0 aromatic heterocycles. The molecule has 5 rings (SSSR count).